The maximum absolute atomic E-state index is 12.0. The Balaban J connectivity index is 2.55. The van der Waals surface area contributed by atoms with Crippen molar-refractivity contribution in [2.24, 2.45) is 13.0 Å². The summed E-state index contributed by atoms with van der Waals surface area (Å²) >= 11 is 0. The molecule has 112 valence electrons. The Kier molecular flexibility index (Phi) is 5.54. The summed E-state index contributed by atoms with van der Waals surface area (Å²) < 4.78 is 1.74. The third-order valence-corrected chi connectivity index (χ3v) is 3.35. The molecule has 0 aliphatic heterocycles. The number of carboxylic acid groups (broad SMARTS) is 1. The lowest BCUT2D eigenvalue weighted by atomic mass is 10.2. The molecule has 1 aromatic rings. The second-order valence-corrected chi connectivity index (χ2v) is 4.82. The normalized spacial score (nSPS) is 12.0. The van der Waals surface area contributed by atoms with E-state index in [9.17, 15) is 9.59 Å². The molecule has 0 fully saturated rings. The van der Waals surface area contributed by atoms with Crippen molar-refractivity contribution >= 4 is 12.0 Å². The molecular weight excluding hydrogens is 260 g/mol. The van der Waals surface area contributed by atoms with E-state index in [4.69, 9.17) is 5.11 Å². The number of amides is 2. The maximum atomic E-state index is 12.0. The lowest BCUT2D eigenvalue weighted by Crippen LogP contribution is -2.42. The van der Waals surface area contributed by atoms with E-state index in [2.05, 4.69) is 10.4 Å². The average Bonchev–Trinajstić information content (AvgIpc) is 2.73. The Morgan fingerprint density at radius 3 is 2.65 bits per heavy atom. The first kappa shape index (κ1) is 16.0. The van der Waals surface area contributed by atoms with Crippen LogP contribution in [0.4, 0.5) is 4.79 Å². The van der Waals surface area contributed by atoms with Crippen LogP contribution in [0.1, 0.15) is 25.1 Å². The Bertz CT molecular complexity index is 484. The molecule has 1 rings (SSSR count). The summed E-state index contributed by atoms with van der Waals surface area (Å²) in [6.45, 7) is 6.39. The minimum atomic E-state index is -0.903. The molecule has 0 saturated carbocycles. The topological polar surface area (TPSA) is 87.5 Å². The molecule has 1 aromatic heterocycles. The molecule has 7 heteroatoms. The summed E-state index contributed by atoms with van der Waals surface area (Å²) in [5, 5.41) is 15.8. The van der Waals surface area contributed by atoms with Crippen molar-refractivity contribution in [3.63, 3.8) is 0 Å². The number of hydrogen-bond donors (Lipinski definition) is 2. The first-order valence-corrected chi connectivity index (χ1v) is 6.59. The standard InChI is InChI=1S/C13H22N4O3/c1-5-17(8-9(2)12(18)19)13(20)14-6-11-7-15-16(4)10(11)3/h7,9H,5-6,8H2,1-4H3,(H,14,20)(H,18,19). The number of urea groups is 1. The number of carbonyl (C=O) groups is 2. The minimum absolute atomic E-state index is 0.198. The zero-order valence-corrected chi connectivity index (χ0v) is 12.4. The molecule has 20 heavy (non-hydrogen) atoms. The molecule has 7 nitrogen and oxygen atoms in total. The molecule has 1 heterocycles. The van der Waals surface area contributed by atoms with Crippen LogP contribution >= 0.6 is 0 Å². The van der Waals surface area contributed by atoms with Crippen molar-refractivity contribution in [3.8, 4) is 0 Å². The molecule has 0 aliphatic rings. The van der Waals surface area contributed by atoms with E-state index in [1.165, 1.54) is 4.90 Å². The highest BCUT2D eigenvalue weighted by molar-refractivity contribution is 5.76. The largest absolute Gasteiger partial charge is 0.481 e. The maximum Gasteiger partial charge on any atom is 0.317 e. The number of nitrogens with one attached hydrogen (secondary N) is 1. The highest BCUT2D eigenvalue weighted by atomic mass is 16.4. The molecule has 2 amide bonds. The number of hydrogen-bond acceptors (Lipinski definition) is 3. The van der Waals surface area contributed by atoms with Crippen LogP contribution in [0.5, 0.6) is 0 Å². The van der Waals surface area contributed by atoms with Crippen LogP contribution in [0.25, 0.3) is 0 Å². The van der Waals surface area contributed by atoms with Crippen molar-refractivity contribution in [1.29, 1.82) is 0 Å². The van der Waals surface area contributed by atoms with Gasteiger partial charge in [0.2, 0.25) is 0 Å². The van der Waals surface area contributed by atoms with E-state index >= 15 is 0 Å². The highest BCUT2D eigenvalue weighted by Gasteiger charge is 2.19. The highest BCUT2D eigenvalue weighted by Crippen LogP contribution is 2.06. The molecule has 0 aromatic carbocycles. The summed E-state index contributed by atoms with van der Waals surface area (Å²) in [4.78, 5) is 24.3. The van der Waals surface area contributed by atoms with Gasteiger partial charge >= 0.3 is 12.0 Å². The molecule has 1 atom stereocenters. The van der Waals surface area contributed by atoms with Crippen molar-refractivity contribution in [1.82, 2.24) is 20.0 Å². The van der Waals surface area contributed by atoms with Gasteiger partial charge in [-0.15, -0.1) is 0 Å². The van der Waals surface area contributed by atoms with Crippen molar-refractivity contribution < 1.29 is 14.7 Å². The minimum Gasteiger partial charge on any atom is -0.481 e. The van der Waals surface area contributed by atoms with Gasteiger partial charge in [-0.3, -0.25) is 9.48 Å². The van der Waals surface area contributed by atoms with Crippen LogP contribution in [-0.2, 0) is 18.4 Å². The summed E-state index contributed by atoms with van der Waals surface area (Å²) in [6.07, 6.45) is 1.71. The Morgan fingerprint density at radius 2 is 2.20 bits per heavy atom. The van der Waals surface area contributed by atoms with Gasteiger partial charge < -0.3 is 15.3 Å². The van der Waals surface area contributed by atoms with Crippen LogP contribution in [0.2, 0.25) is 0 Å². The number of aromatic nitrogens is 2. The predicted molar refractivity (Wildman–Crippen MR) is 74.2 cm³/mol. The third-order valence-electron chi connectivity index (χ3n) is 3.35. The number of carboxylic acids is 1. The van der Waals surface area contributed by atoms with E-state index in [0.717, 1.165) is 11.3 Å². The fraction of sp³-hybridized carbons (Fsp3) is 0.615. The Morgan fingerprint density at radius 1 is 1.55 bits per heavy atom. The molecule has 0 saturated heterocycles. The van der Waals surface area contributed by atoms with E-state index in [1.54, 1.807) is 17.8 Å². The fourth-order valence-electron chi connectivity index (χ4n) is 1.76. The predicted octanol–water partition coefficient (Wildman–Crippen LogP) is 0.981. The van der Waals surface area contributed by atoms with Crippen molar-refractivity contribution in [2.75, 3.05) is 13.1 Å². The van der Waals surface area contributed by atoms with E-state index < -0.39 is 11.9 Å². The quantitative estimate of drug-likeness (QED) is 0.814. The van der Waals surface area contributed by atoms with Gasteiger partial charge in [-0.05, 0) is 13.8 Å². The van der Waals surface area contributed by atoms with Gasteiger partial charge in [0.1, 0.15) is 0 Å². The van der Waals surface area contributed by atoms with Gasteiger partial charge in [0.05, 0.1) is 12.1 Å². The summed E-state index contributed by atoms with van der Waals surface area (Å²) in [5.41, 5.74) is 1.94. The smallest absolute Gasteiger partial charge is 0.317 e. The van der Waals surface area contributed by atoms with Gasteiger partial charge in [0.25, 0.3) is 0 Å². The van der Waals surface area contributed by atoms with Gasteiger partial charge in [-0.25, -0.2) is 4.79 Å². The van der Waals surface area contributed by atoms with Gasteiger partial charge in [0.15, 0.2) is 0 Å². The molecule has 0 bridgehead atoms. The molecule has 2 N–H and O–H groups in total. The Hall–Kier alpha value is -2.05. The number of nitrogens with zero attached hydrogens (tertiary/aromatic N) is 3. The lowest BCUT2D eigenvalue weighted by molar-refractivity contribution is -0.141. The summed E-state index contributed by atoms with van der Waals surface area (Å²) in [6, 6.07) is -0.260. The third kappa shape index (κ3) is 3.97. The van der Waals surface area contributed by atoms with Gasteiger partial charge in [0, 0.05) is 37.9 Å². The lowest BCUT2D eigenvalue weighted by Gasteiger charge is -2.23. The van der Waals surface area contributed by atoms with Crippen LogP contribution in [0.3, 0.4) is 0 Å². The molecular formula is C13H22N4O3. The first-order chi connectivity index (χ1) is 9.36. The van der Waals surface area contributed by atoms with Crippen molar-refractivity contribution in [3.05, 3.63) is 17.5 Å². The van der Waals surface area contributed by atoms with E-state index in [-0.39, 0.29) is 12.6 Å². The molecule has 1 unspecified atom stereocenters. The second kappa shape index (κ2) is 6.93. The zero-order valence-electron chi connectivity index (χ0n) is 12.4. The van der Waals surface area contributed by atoms with Crippen LogP contribution in [0.15, 0.2) is 6.20 Å². The first-order valence-electron chi connectivity index (χ1n) is 6.59. The second-order valence-electron chi connectivity index (χ2n) is 4.82. The van der Waals surface area contributed by atoms with Crippen LogP contribution in [-0.4, -0.2) is 44.9 Å². The number of aliphatic carboxylic acids is 1. The van der Waals surface area contributed by atoms with Crippen LogP contribution in [0, 0.1) is 12.8 Å². The SMILES string of the molecule is CCN(CC(C)C(=O)O)C(=O)NCc1cnn(C)c1C. The van der Waals surface area contributed by atoms with Crippen molar-refractivity contribution in [2.45, 2.75) is 27.3 Å². The zero-order chi connectivity index (χ0) is 15.3. The van der Waals surface area contributed by atoms with E-state index in [0.29, 0.717) is 13.1 Å². The molecule has 0 spiro atoms. The number of carbonyl (C=O) groups excluding carboxylic acids is 1. The molecule has 0 aliphatic carbocycles. The monoisotopic (exact) mass is 282 g/mol. The van der Waals surface area contributed by atoms with E-state index in [1.807, 2.05) is 20.9 Å². The fourth-order valence-corrected chi connectivity index (χ4v) is 1.76. The van der Waals surface area contributed by atoms with Gasteiger partial charge in [-0.2, -0.15) is 5.10 Å². The summed E-state index contributed by atoms with van der Waals surface area (Å²) in [5.74, 6) is -1.49. The van der Waals surface area contributed by atoms with Gasteiger partial charge in [-0.1, -0.05) is 6.92 Å². The number of aryl methyl sites for hydroxylation is 1. The Labute approximate surface area is 118 Å². The van der Waals surface area contributed by atoms with Crippen LogP contribution < -0.4 is 5.32 Å². The number of rotatable bonds is 6. The molecule has 0 radical (unpaired) electrons. The summed E-state index contributed by atoms with van der Waals surface area (Å²) in [7, 11) is 1.84. The average molecular weight is 282 g/mol.